The van der Waals surface area contributed by atoms with Gasteiger partial charge in [-0.1, -0.05) is 30.3 Å². The van der Waals surface area contributed by atoms with Crippen LogP contribution in [0.5, 0.6) is 0 Å². The predicted octanol–water partition coefficient (Wildman–Crippen LogP) is 2.01. The van der Waals surface area contributed by atoms with Gasteiger partial charge in [0, 0.05) is 11.8 Å². The molecule has 3 nitrogen and oxygen atoms in total. The summed E-state index contributed by atoms with van der Waals surface area (Å²) >= 11 is 0.691. The summed E-state index contributed by atoms with van der Waals surface area (Å²) in [5, 5.41) is 1.96. The molecule has 1 aromatic rings. The molecule has 14 heavy (non-hydrogen) atoms. The second kappa shape index (κ2) is 3.67. The number of carbonyl (C=O) groups excluding carboxylic acids is 2. The molecule has 1 aromatic carbocycles. The van der Waals surface area contributed by atoms with E-state index in [4.69, 9.17) is 0 Å². The van der Waals surface area contributed by atoms with Gasteiger partial charge in [-0.2, -0.15) is 0 Å². The molecule has 2 rings (SSSR count). The van der Waals surface area contributed by atoms with Crippen molar-refractivity contribution in [3.63, 3.8) is 0 Å². The van der Waals surface area contributed by atoms with Gasteiger partial charge in [-0.05, 0) is 11.6 Å². The number of carbonyl (C=O) groups is 2. The number of benzene rings is 1. The Labute approximate surface area is 85.2 Å². The van der Waals surface area contributed by atoms with Crippen molar-refractivity contribution < 1.29 is 9.59 Å². The van der Waals surface area contributed by atoms with Crippen LogP contribution in [-0.4, -0.2) is 10.4 Å². The monoisotopic (exact) mass is 205 g/mol. The zero-order valence-corrected chi connectivity index (χ0v) is 8.01. The van der Waals surface area contributed by atoms with E-state index in [0.29, 0.717) is 17.5 Å². The lowest BCUT2D eigenvalue weighted by molar-refractivity contribution is -0.107. The zero-order chi connectivity index (χ0) is 9.97. The topological polar surface area (TPSA) is 46.2 Å². The van der Waals surface area contributed by atoms with Crippen molar-refractivity contribution in [3.05, 3.63) is 41.6 Å². The minimum absolute atomic E-state index is 0.223. The molecule has 0 unspecified atom stereocenters. The molecule has 1 heterocycles. The van der Waals surface area contributed by atoms with E-state index >= 15 is 0 Å². The van der Waals surface area contributed by atoms with E-state index in [-0.39, 0.29) is 10.4 Å². The minimum atomic E-state index is -0.308. The maximum absolute atomic E-state index is 11.2. The molecule has 0 aliphatic carbocycles. The van der Waals surface area contributed by atoms with Crippen LogP contribution in [0, 0.1) is 0 Å². The fraction of sp³-hybridized carbons (Fsp3) is 0. The molecule has 70 valence electrons. The molecule has 1 fully saturated rings. The number of hydrogen-bond acceptors (Lipinski definition) is 3. The average molecular weight is 205 g/mol. The van der Waals surface area contributed by atoms with Crippen LogP contribution in [-0.2, 0) is 4.79 Å². The molecule has 0 bridgehead atoms. The van der Waals surface area contributed by atoms with Crippen LogP contribution in [0.3, 0.4) is 0 Å². The Hall–Kier alpha value is -1.55. The van der Waals surface area contributed by atoms with Crippen molar-refractivity contribution in [3.8, 4) is 0 Å². The van der Waals surface area contributed by atoms with Crippen molar-refractivity contribution in [1.29, 1.82) is 0 Å². The summed E-state index contributed by atoms with van der Waals surface area (Å²) in [5.74, 6) is 0. The van der Waals surface area contributed by atoms with E-state index in [1.807, 2.05) is 30.3 Å². The Kier molecular flexibility index (Phi) is 2.37. The normalized spacial score (nSPS) is 18.7. The quantitative estimate of drug-likeness (QED) is 0.713. The molecule has 1 aliphatic heterocycles. The van der Waals surface area contributed by atoms with Crippen LogP contribution in [0.1, 0.15) is 5.56 Å². The van der Waals surface area contributed by atoms with Crippen LogP contribution in [0.4, 0.5) is 4.79 Å². The van der Waals surface area contributed by atoms with Crippen molar-refractivity contribution >= 4 is 28.2 Å². The third-order valence-electron chi connectivity index (χ3n) is 1.75. The first-order valence-corrected chi connectivity index (χ1v) is 4.87. The van der Waals surface area contributed by atoms with Crippen LogP contribution < -0.4 is 5.32 Å². The Balaban J connectivity index is 2.28. The highest BCUT2D eigenvalue weighted by Gasteiger charge is 2.24. The smallest absolute Gasteiger partial charge is 0.291 e. The summed E-state index contributed by atoms with van der Waals surface area (Å²) in [6, 6.07) is 9.39. The minimum Gasteiger partial charge on any atom is -0.313 e. The number of rotatable bonds is 1. The van der Waals surface area contributed by atoms with Crippen molar-refractivity contribution in [2.45, 2.75) is 0 Å². The lowest BCUT2D eigenvalue weighted by Gasteiger charge is -1.94. The van der Waals surface area contributed by atoms with E-state index in [1.54, 1.807) is 6.08 Å². The van der Waals surface area contributed by atoms with Crippen LogP contribution in [0.25, 0.3) is 6.08 Å². The fourth-order valence-corrected chi connectivity index (χ4v) is 1.69. The summed E-state index contributed by atoms with van der Waals surface area (Å²) in [5.41, 5.74) is 1.25. The molecule has 0 radical (unpaired) electrons. The third kappa shape index (κ3) is 1.85. The standard InChI is InChI=1S/C10H7NO2S/c12-9-8(11-10(13)14-9)6-7-4-2-1-3-5-7/h1-6H,(H,11,13)/b8-6+. The van der Waals surface area contributed by atoms with E-state index in [1.165, 1.54) is 0 Å². The zero-order valence-electron chi connectivity index (χ0n) is 7.19. The Morgan fingerprint density at radius 1 is 1.14 bits per heavy atom. The van der Waals surface area contributed by atoms with Gasteiger partial charge in [-0.15, -0.1) is 0 Å². The highest BCUT2D eigenvalue weighted by Crippen LogP contribution is 2.20. The van der Waals surface area contributed by atoms with Gasteiger partial charge >= 0.3 is 0 Å². The largest absolute Gasteiger partial charge is 0.313 e. The van der Waals surface area contributed by atoms with Gasteiger partial charge in [0.05, 0.1) is 5.70 Å². The van der Waals surface area contributed by atoms with Gasteiger partial charge < -0.3 is 5.32 Å². The van der Waals surface area contributed by atoms with Gasteiger partial charge in [0.2, 0.25) is 5.12 Å². The van der Waals surface area contributed by atoms with Gasteiger partial charge in [0.1, 0.15) is 0 Å². The second-order valence-corrected chi connectivity index (χ2v) is 3.72. The van der Waals surface area contributed by atoms with Gasteiger partial charge in [0.15, 0.2) is 0 Å². The maximum Gasteiger partial charge on any atom is 0.291 e. The van der Waals surface area contributed by atoms with Gasteiger partial charge in [-0.3, -0.25) is 9.59 Å². The third-order valence-corrected chi connectivity index (χ3v) is 2.45. The molecule has 0 spiro atoms. The first kappa shape index (κ1) is 9.02. The Morgan fingerprint density at radius 2 is 1.86 bits per heavy atom. The van der Waals surface area contributed by atoms with Crippen LogP contribution >= 0.6 is 11.8 Å². The average Bonchev–Trinajstić information content (AvgIpc) is 2.47. The fourth-order valence-electron chi connectivity index (χ4n) is 1.14. The molecule has 0 aromatic heterocycles. The molecule has 1 amide bonds. The first-order chi connectivity index (χ1) is 6.75. The number of thioether (sulfide) groups is 1. The first-order valence-electron chi connectivity index (χ1n) is 4.05. The SMILES string of the molecule is O=C1N/C(=C/c2ccccc2)C(=O)S1. The van der Waals surface area contributed by atoms with Crippen molar-refractivity contribution in [2.75, 3.05) is 0 Å². The Morgan fingerprint density at radius 3 is 2.43 bits per heavy atom. The molecule has 4 heteroatoms. The summed E-state index contributed by atoms with van der Waals surface area (Å²) in [6.07, 6.45) is 1.67. The molecule has 1 saturated heterocycles. The summed E-state index contributed by atoms with van der Waals surface area (Å²) in [6.45, 7) is 0. The predicted molar refractivity (Wildman–Crippen MR) is 55.5 cm³/mol. The summed E-state index contributed by atoms with van der Waals surface area (Å²) in [4.78, 5) is 22.0. The van der Waals surface area contributed by atoms with Crippen LogP contribution in [0.2, 0.25) is 0 Å². The lowest BCUT2D eigenvalue weighted by atomic mass is 10.2. The van der Waals surface area contributed by atoms with E-state index in [0.717, 1.165) is 5.56 Å². The number of nitrogens with one attached hydrogen (secondary N) is 1. The molecular formula is C10H7NO2S. The highest BCUT2D eigenvalue weighted by molar-refractivity contribution is 8.27. The number of hydrogen-bond donors (Lipinski definition) is 1. The summed E-state index contributed by atoms with van der Waals surface area (Å²) < 4.78 is 0. The maximum atomic E-state index is 11.2. The lowest BCUT2D eigenvalue weighted by Crippen LogP contribution is -2.10. The molecule has 1 N–H and O–H groups in total. The molecule has 1 aliphatic rings. The Bertz CT molecular complexity index is 411. The van der Waals surface area contributed by atoms with E-state index < -0.39 is 0 Å². The van der Waals surface area contributed by atoms with Crippen LogP contribution in [0.15, 0.2) is 36.0 Å². The number of amides is 1. The van der Waals surface area contributed by atoms with E-state index in [2.05, 4.69) is 5.32 Å². The molecule has 0 saturated carbocycles. The highest BCUT2D eigenvalue weighted by atomic mass is 32.2. The molecular weight excluding hydrogens is 198 g/mol. The van der Waals surface area contributed by atoms with Crippen molar-refractivity contribution in [2.24, 2.45) is 0 Å². The van der Waals surface area contributed by atoms with Gasteiger partial charge in [0.25, 0.3) is 5.24 Å². The van der Waals surface area contributed by atoms with Crippen molar-refractivity contribution in [1.82, 2.24) is 5.32 Å². The summed E-state index contributed by atoms with van der Waals surface area (Å²) in [7, 11) is 0. The van der Waals surface area contributed by atoms with Gasteiger partial charge in [-0.25, -0.2) is 0 Å². The van der Waals surface area contributed by atoms with E-state index in [9.17, 15) is 9.59 Å². The second-order valence-electron chi connectivity index (χ2n) is 2.77. The molecule has 0 atom stereocenters.